The van der Waals surface area contributed by atoms with Gasteiger partial charge >= 0.3 is 0 Å². The zero-order chi connectivity index (χ0) is 5.86. The van der Waals surface area contributed by atoms with Crippen LogP contribution in [0, 0.1) is 37.7 Å². The smallest absolute Gasteiger partial charge is 0.197 e. The van der Waals surface area contributed by atoms with Gasteiger partial charge in [0.2, 0.25) is 0 Å². The first kappa shape index (κ1) is 11.4. The molecule has 0 atom stereocenters. The van der Waals surface area contributed by atoms with E-state index in [0.29, 0.717) is 6.42 Å². The Bertz CT molecular complexity index is 98.6. The monoisotopic (exact) mass is 265 g/mol. The molecule has 0 fully saturated rings. The summed E-state index contributed by atoms with van der Waals surface area (Å²) in [7, 11) is 0. The van der Waals surface area contributed by atoms with Crippen molar-refractivity contribution in [1.29, 1.82) is 0 Å². The Labute approximate surface area is 78.6 Å². The summed E-state index contributed by atoms with van der Waals surface area (Å²) in [6, 6.07) is 0. The van der Waals surface area contributed by atoms with E-state index >= 15 is 0 Å². The largest absolute Gasteiger partial charge is 0.291 e. The summed E-state index contributed by atoms with van der Waals surface area (Å²) in [6.07, 6.45) is 0.329. The topological polar surface area (TPSA) is 34.1 Å². The zero-order valence-electron chi connectivity index (χ0n) is 4.83. The molecule has 0 unspecified atom stereocenters. The van der Waals surface area contributed by atoms with Gasteiger partial charge in [0.25, 0.3) is 0 Å². The van der Waals surface area contributed by atoms with Gasteiger partial charge in [-0.2, -0.15) is 0 Å². The first-order valence-electron chi connectivity index (χ1n) is 2.22. The van der Waals surface area contributed by atoms with E-state index in [1.807, 2.05) is 0 Å². The van der Waals surface area contributed by atoms with E-state index in [1.54, 1.807) is 6.92 Å². The van der Waals surface area contributed by atoms with Gasteiger partial charge in [0.05, 0.1) is 0 Å². The van der Waals surface area contributed by atoms with E-state index in [-0.39, 0.29) is 49.3 Å². The fourth-order valence-corrected chi connectivity index (χ4v) is 0.249. The molecule has 0 bridgehead atoms. The minimum absolute atomic E-state index is 0. The normalized spacial score (nSPS) is 7.25. The Morgan fingerprint density at radius 2 is 1.75 bits per heavy atom. The van der Waals surface area contributed by atoms with Crippen LogP contribution >= 0.6 is 0 Å². The zero-order valence-corrected chi connectivity index (χ0v) is 6.76. The molecule has 2 nitrogen and oxygen atoms in total. The van der Waals surface area contributed by atoms with Crippen LogP contribution < -0.4 is 0 Å². The van der Waals surface area contributed by atoms with Crippen LogP contribution in [0.5, 0.6) is 0 Å². The summed E-state index contributed by atoms with van der Waals surface area (Å²) in [4.78, 5) is 20.2. The van der Waals surface area contributed by atoms with E-state index < -0.39 is 0 Å². The Kier molecular flexibility index (Phi) is 8.17. The van der Waals surface area contributed by atoms with E-state index in [0.717, 1.165) is 0 Å². The van der Waals surface area contributed by atoms with Crippen LogP contribution in [0.4, 0.5) is 0 Å². The van der Waals surface area contributed by atoms with Gasteiger partial charge in [-0.25, -0.2) is 0 Å². The van der Waals surface area contributed by atoms with Crippen LogP contribution in [0.15, 0.2) is 0 Å². The quantitative estimate of drug-likeness (QED) is 0.540. The Morgan fingerprint density at radius 1 is 1.38 bits per heavy atom. The maximum absolute atomic E-state index is 10.2. The van der Waals surface area contributed by atoms with Crippen molar-refractivity contribution < 1.29 is 47.3 Å². The van der Waals surface area contributed by atoms with Crippen LogP contribution in [-0.4, -0.2) is 11.6 Å². The van der Waals surface area contributed by atoms with Crippen molar-refractivity contribution in [3.63, 3.8) is 0 Å². The van der Waals surface area contributed by atoms with Crippen molar-refractivity contribution in [3.8, 4) is 0 Å². The summed E-state index contributed by atoms with van der Waals surface area (Å²) >= 11 is 0. The summed E-state index contributed by atoms with van der Waals surface area (Å²) in [5.41, 5.74) is 0. The first-order valence-corrected chi connectivity index (χ1v) is 2.22. The minimum atomic E-state index is -0.345. The van der Waals surface area contributed by atoms with Crippen LogP contribution in [0.1, 0.15) is 20.3 Å². The SMILES string of the molecule is CCC(=O)C(C)=O.[Ho]. The van der Waals surface area contributed by atoms with Gasteiger partial charge in [0.15, 0.2) is 11.6 Å². The second-order valence-electron chi connectivity index (χ2n) is 1.33. The number of carbonyl (C=O) groups excluding carboxylic acids is 2. The molecule has 0 spiro atoms. The first-order chi connectivity index (χ1) is 3.18. The molecule has 3 heteroatoms. The van der Waals surface area contributed by atoms with Crippen LogP contribution in [0.25, 0.3) is 0 Å². The molecule has 0 saturated carbocycles. The summed E-state index contributed by atoms with van der Waals surface area (Å²) in [5.74, 6) is -0.637. The number of Topliss-reactive ketones (excluding diaryl/α,β-unsaturated/α-hetero) is 2. The van der Waals surface area contributed by atoms with Crippen molar-refractivity contribution in [2.45, 2.75) is 20.3 Å². The van der Waals surface area contributed by atoms with Gasteiger partial charge in [-0.3, -0.25) is 9.59 Å². The van der Waals surface area contributed by atoms with Crippen molar-refractivity contribution in [2.75, 3.05) is 0 Å². The Balaban J connectivity index is 0. The summed E-state index contributed by atoms with van der Waals surface area (Å²) in [6.45, 7) is 2.95. The molecule has 0 amide bonds. The van der Waals surface area contributed by atoms with Crippen LogP contribution in [0.3, 0.4) is 0 Å². The van der Waals surface area contributed by atoms with Crippen molar-refractivity contribution in [2.24, 2.45) is 0 Å². The number of hydrogen-bond donors (Lipinski definition) is 0. The van der Waals surface area contributed by atoms with E-state index in [9.17, 15) is 9.59 Å². The van der Waals surface area contributed by atoms with Gasteiger partial charge < -0.3 is 0 Å². The molecule has 8 heavy (non-hydrogen) atoms. The minimum Gasteiger partial charge on any atom is -0.291 e. The second kappa shape index (κ2) is 5.73. The van der Waals surface area contributed by atoms with Crippen molar-refractivity contribution in [1.82, 2.24) is 0 Å². The molecule has 0 heterocycles. The van der Waals surface area contributed by atoms with Crippen molar-refractivity contribution >= 4 is 11.6 Å². The fourth-order valence-electron chi connectivity index (χ4n) is 0.249. The predicted molar refractivity (Wildman–Crippen MR) is 26.0 cm³/mol. The maximum Gasteiger partial charge on any atom is 0.197 e. The van der Waals surface area contributed by atoms with Gasteiger partial charge in [0.1, 0.15) is 0 Å². The number of ketones is 2. The third kappa shape index (κ3) is 4.75. The fraction of sp³-hybridized carbons (Fsp3) is 0.600. The molecule has 0 aromatic carbocycles. The third-order valence-electron chi connectivity index (χ3n) is 0.714. The molecule has 0 aromatic heterocycles. The second-order valence-corrected chi connectivity index (χ2v) is 1.33. The van der Waals surface area contributed by atoms with E-state index in [2.05, 4.69) is 0 Å². The van der Waals surface area contributed by atoms with Gasteiger partial charge in [-0.15, -0.1) is 0 Å². The average Bonchev–Trinajstić information content (AvgIpc) is 1.65. The molecule has 0 aromatic rings. The molecule has 0 N–H and O–H groups in total. The standard InChI is InChI=1S/C5H8O2.Ho/c1-3-5(7)4(2)6;/h3H2,1-2H3;. The van der Waals surface area contributed by atoms with Gasteiger partial charge in [-0.05, 0) is 0 Å². The molecule has 1 radical (unpaired) electrons. The predicted octanol–water partition coefficient (Wildman–Crippen LogP) is 0.554. The molecule has 51 valence electrons. The number of carbonyl (C=O) groups is 2. The molecule has 0 aliphatic heterocycles. The van der Waals surface area contributed by atoms with E-state index in [1.165, 1.54) is 6.92 Å². The number of rotatable bonds is 2. The van der Waals surface area contributed by atoms with Crippen LogP contribution in [-0.2, 0) is 9.59 Å². The Hall–Kier alpha value is 0.600. The molecule has 0 aliphatic rings. The van der Waals surface area contributed by atoms with Crippen LogP contribution in [0.2, 0.25) is 0 Å². The molecule has 0 saturated heterocycles. The molecule has 0 aliphatic carbocycles. The molecule has 0 rings (SSSR count). The van der Waals surface area contributed by atoms with E-state index in [4.69, 9.17) is 0 Å². The van der Waals surface area contributed by atoms with Gasteiger partial charge in [0, 0.05) is 51.1 Å². The van der Waals surface area contributed by atoms with Crippen molar-refractivity contribution in [3.05, 3.63) is 0 Å². The number of hydrogen-bond acceptors (Lipinski definition) is 2. The average molecular weight is 265 g/mol. The Morgan fingerprint density at radius 3 is 1.75 bits per heavy atom. The molecular weight excluding hydrogens is 257 g/mol. The summed E-state index contributed by atoms with van der Waals surface area (Å²) < 4.78 is 0. The van der Waals surface area contributed by atoms with Gasteiger partial charge in [-0.1, -0.05) is 6.92 Å². The summed E-state index contributed by atoms with van der Waals surface area (Å²) in [5, 5.41) is 0. The molecular formula is C5H8HoO2. The maximum atomic E-state index is 10.2. The third-order valence-corrected chi connectivity index (χ3v) is 0.714.